The Kier molecular flexibility index (Phi) is 3.93. The van der Waals surface area contributed by atoms with E-state index in [-0.39, 0.29) is 5.91 Å². The molecule has 0 spiro atoms. The van der Waals surface area contributed by atoms with Crippen LogP contribution >= 0.6 is 0 Å². The van der Waals surface area contributed by atoms with Crippen LogP contribution in [0.25, 0.3) is 0 Å². The van der Waals surface area contributed by atoms with Gasteiger partial charge in [0, 0.05) is 6.42 Å². The van der Waals surface area contributed by atoms with Gasteiger partial charge in [0.25, 0.3) is 0 Å². The fourth-order valence-electron chi connectivity index (χ4n) is 1.87. The average molecular weight is 199 g/mol. The highest BCUT2D eigenvalue weighted by molar-refractivity contribution is 5.73. The smallest absolute Gasteiger partial charge is 0.219 e. The monoisotopic (exact) mass is 199 g/mol. The minimum absolute atomic E-state index is 0.277. The third kappa shape index (κ3) is 4.09. The number of hydrogen-bond donors (Lipinski definition) is 1. The molecule has 3 nitrogen and oxygen atoms in total. The van der Waals surface area contributed by atoms with E-state index < -0.39 is 0 Å². The van der Waals surface area contributed by atoms with Crippen molar-refractivity contribution in [1.82, 2.24) is 0 Å². The predicted octanol–water partition coefficient (Wildman–Crippen LogP) is 1.85. The van der Waals surface area contributed by atoms with Crippen molar-refractivity contribution < 1.29 is 9.53 Å². The lowest BCUT2D eigenvalue weighted by Crippen LogP contribution is -2.27. The number of amides is 1. The topological polar surface area (TPSA) is 52.3 Å². The van der Waals surface area contributed by atoms with E-state index in [9.17, 15) is 4.79 Å². The Bertz CT molecular complexity index is 191. The molecule has 0 bridgehead atoms. The van der Waals surface area contributed by atoms with E-state index in [4.69, 9.17) is 10.5 Å². The summed E-state index contributed by atoms with van der Waals surface area (Å²) in [4.78, 5) is 10.5. The standard InChI is InChI=1S/C11H21NO2/c1-11(2)6-3-9(4-7-11)14-8-5-10(12)13/h9H,3-8H2,1-2H3,(H2,12,13). The van der Waals surface area contributed by atoms with Crippen molar-refractivity contribution in [1.29, 1.82) is 0 Å². The van der Waals surface area contributed by atoms with Crippen molar-refractivity contribution in [2.75, 3.05) is 6.61 Å². The second kappa shape index (κ2) is 4.78. The first-order chi connectivity index (χ1) is 6.49. The molecule has 3 heteroatoms. The Balaban J connectivity index is 2.13. The average Bonchev–Trinajstić information content (AvgIpc) is 2.07. The number of primary amides is 1. The van der Waals surface area contributed by atoms with Gasteiger partial charge >= 0.3 is 0 Å². The minimum atomic E-state index is -0.277. The number of rotatable bonds is 4. The van der Waals surface area contributed by atoms with Crippen molar-refractivity contribution in [3.8, 4) is 0 Å². The van der Waals surface area contributed by atoms with Crippen LogP contribution in [0.5, 0.6) is 0 Å². The molecule has 1 aliphatic rings. The normalized spacial score (nSPS) is 22.1. The molecule has 0 aromatic heterocycles. The van der Waals surface area contributed by atoms with E-state index >= 15 is 0 Å². The van der Waals surface area contributed by atoms with E-state index in [1.807, 2.05) is 0 Å². The highest BCUT2D eigenvalue weighted by atomic mass is 16.5. The summed E-state index contributed by atoms with van der Waals surface area (Å²) in [5.41, 5.74) is 5.51. The summed E-state index contributed by atoms with van der Waals surface area (Å²) in [5.74, 6) is -0.277. The lowest BCUT2D eigenvalue weighted by atomic mass is 9.76. The maximum atomic E-state index is 10.5. The fraction of sp³-hybridized carbons (Fsp3) is 0.909. The second-order valence-corrected chi connectivity index (χ2v) is 4.95. The molecule has 0 aromatic rings. The van der Waals surface area contributed by atoms with Crippen LogP contribution in [0.2, 0.25) is 0 Å². The summed E-state index contributed by atoms with van der Waals surface area (Å²) in [5, 5.41) is 0. The molecule has 2 N–H and O–H groups in total. The van der Waals surface area contributed by atoms with Crippen molar-refractivity contribution in [3.63, 3.8) is 0 Å². The second-order valence-electron chi connectivity index (χ2n) is 4.95. The zero-order valence-electron chi connectivity index (χ0n) is 9.21. The highest BCUT2D eigenvalue weighted by Crippen LogP contribution is 2.36. The fourth-order valence-corrected chi connectivity index (χ4v) is 1.87. The van der Waals surface area contributed by atoms with Gasteiger partial charge in [-0.05, 0) is 31.1 Å². The van der Waals surface area contributed by atoms with Gasteiger partial charge in [0.2, 0.25) is 5.91 Å². The van der Waals surface area contributed by atoms with E-state index in [1.165, 1.54) is 12.8 Å². The number of carbonyl (C=O) groups excluding carboxylic acids is 1. The summed E-state index contributed by atoms with van der Waals surface area (Å²) in [6, 6.07) is 0. The Labute approximate surface area is 86.0 Å². The van der Waals surface area contributed by atoms with Crippen molar-refractivity contribution >= 4 is 5.91 Å². The molecule has 0 atom stereocenters. The van der Waals surface area contributed by atoms with Crippen molar-refractivity contribution in [2.45, 2.75) is 52.1 Å². The first-order valence-corrected chi connectivity index (χ1v) is 5.39. The summed E-state index contributed by atoms with van der Waals surface area (Å²) in [6.07, 6.45) is 5.36. The Morgan fingerprint density at radius 3 is 2.50 bits per heavy atom. The van der Waals surface area contributed by atoms with Crippen LogP contribution in [0.3, 0.4) is 0 Å². The van der Waals surface area contributed by atoms with Gasteiger partial charge < -0.3 is 10.5 Å². The van der Waals surface area contributed by atoms with E-state index in [2.05, 4.69) is 13.8 Å². The molecule has 1 saturated carbocycles. The summed E-state index contributed by atoms with van der Waals surface area (Å²) >= 11 is 0. The van der Waals surface area contributed by atoms with Gasteiger partial charge in [-0.2, -0.15) is 0 Å². The molecule has 1 rings (SSSR count). The van der Waals surface area contributed by atoms with E-state index in [1.54, 1.807) is 0 Å². The van der Waals surface area contributed by atoms with Gasteiger partial charge in [-0.1, -0.05) is 13.8 Å². The van der Waals surface area contributed by atoms with Gasteiger partial charge in [-0.3, -0.25) is 4.79 Å². The molecule has 1 amide bonds. The summed E-state index contributed by atoms with van der Waals surface area (Å²) in [6.45, 7) is 5.08. The number of ether oxygens (including phenoxy) is 1. The molecule has 1 fully saturated rings. The molecule has 0 saturated heterocycles. The zero-order valence-corrected chi connectivity index (χ0v) is 9.21. The van der Waals surface area contributed by atoms with Gasteiger partial charge in [0.05, 0.1) is 12.7 Å². The number of hydrogen-bond acceptors (Lipinski definition) is 2. The number of nitrogens with two attached hydrogens (primary N) is 1. The summed E-state index contributed by atoms with van der Waals surface area (Å²) in [7, 11) is 0. The van der Waals surface area contributed by atoms with Gasteiger partial charge in [0.1, 0.15) is 0 Å². The molecule has 0 aliphatic heterocycles. The maximum Gasteiger partial charge on any atom is 0.219 e. The number of carbonyl (C=O) groups is 1. The lowest BCUT2D eigenvalue weighted by Gasteiger charge is -2.34. The van der Waals surface area contributed by atoms with Gasteiger partial charge in [0.15, 0.2) is 0 Å². The first kappa shape index (κ1) is 11.5. The highest BCUT2D eigenvalue weighted by Gasteiger charge is 2.26. The molecular formula is C11H21NO2. The van der Waals surface area contributed by atoms with Crippen LogP contribution < -0.4 is 5.73 Å². The van der Waals surface area contributed by atoms with Crippen LogP contribution in [0.4, 0.5) is 0 Å². The first-order valence-electron chi connectivity index (χ1n) is 5.39. The Morgan fingerprint density at radius 2 is 2.00 bits per heavy atom. The van der Waals surface area contributed by atoms with Crippen LogP contribution in [0.1, 0.15) is 46.0 Å². The van der Waals surface area contributed by atoms with Gasteiger partial charge in [-0.25, -0.2) is 0 Å². The molecule has 82 valence electrons. The van der Waals surface area contributed by atoms with Gasteiger partial charge in [-0.15, -0.1) is 0 Å². The molecule has 0 radical (unpaired) electrons. The SMILES string of the molecule is CC1(C)CCC(OCCC(N)=O)CC1. The minimum Gasteiger partial charge on any atom is -0.378 e. The zero-order chi connectivity index (χ0) is 10.6. The third-order valence-electron chi connectivity index (χ3n) is 2.99. The molecule has 0 unspecified atom stereocenters. The van der Waals surface area contributed by atoms with E-state index in [0.29, 0.717) is 24.5 Å². The molecule has 1 aliphatic carbocycles. The van der Waals surface area contributed by atoms with Crippen molar-refractivity contribution in [3.05, 3.63) is 0 Å². The Morgan fingerprint density at radius 1 is 1.43 bits per heavy atom. The van der Waals surface area contributed by atoms with Crippen LogP contribution in [-0.4, -0.2) is 18.6 Å². The predicted molar refractivity (Wildman–Crippen MR) is 55.8 cm³/mol. The van der Waals surface area contributed by atoms with Crippen LogP contribution in [-0.2, 0) is 9.53 Å². The molecule has 0 aromatic carbocycles. The lowest BCUT2D eigenvalue weighted by molar-refractivity contribution is -0.119. The maximum absolute atomic E-state index is 10.5. The quantitative estimate of drug-likeness (QED) is 0.751. The third-order valence-corrected chi connectivity index (χ3v) is 2.99. The molecular weight excluding hydrogens is 178 g/mol. The Hall–Kier alpha value is -0.570. The molecule has 14 heavy (non-hydrogen) atoms. The van der Waals surface area contributed by atoms with E-state index in [0.717, 1.165) is 12.8 Å². The molecule has 0 heterocycles. The summed E-state index contributed by atoms with van der Waals surface area (Å²) < 4.78 is 5.59. The van der Waals surface area contributed by atoms with Crippen molar-refractivity contribution in [2.24, 2.45) is 11.1 Å². The van der Waals surface area contributed by atoms with Crippen LogP contribution in [0, 0.1) is 5.41 Å². The van der Waals surface area contributed by atoms with Crippen LogP contribution in [0.15, 0.2) is 0 Å². The largest absolute Gasteiger partial charge is 0.378 e.